The van der Waals surface area contributed by atoms with E-state index in [4.69, 9.17) is 4.74 Å². The van der Waals surface area contributed by atoms with Crippen molar-refractivity contribution >= 4 is 16.1 Å². The Bertz CT molecular complexity index is 754. The quantitative estimate of drug-likeness (QED) is 0.701. The molecule has 9 heteroatoms. The van der Waals surface area contributed by atoms with Gasteiger partial charge in [0, 0.05) is 52.4 Å². The zero-order valence-electron chi connectivity index (χ0n) is 16.0. The first kappa shape index (κ1) is 20.1. The Balaban J connectivity index is 1.48. The largest absolute Gasteiger partial charge is 0.484 e. The number of amides is 1. The molecule has 0 atom stereocenters. The van der Waals surface area contributed by atoms with E-state index in [2.05, 4.69) is 4.90 Å². The normalized spacial score (nSPS) is 20.6. The van der Waals surface area contributed by atoms with Crippen molar-refractivity contribution in [3.63, 3.8) is 0 Å². The van der Waals surface area contributed by atoms with Crippen LogP contribution in [0.1, 0.15) is 5.56 Å². The molecule has 8 nitrogen and oxygen atoms in total. The summed E-state index contributed by atoms with van der Waals surface area (Å²) in [4.78, 5) is 16.2. The highest BCUT2D eigenvalue weighted by atomic mass is 32.2. The number of rotatable bonds is 5. The van der Waals surface area contributed by atoms with Gasteiger partial charge in [-0.2, -0.15) is 17.0 Å². The van der Waals surface area contributed by atoms with Crippen molar-refractivity contribution in [1.29, 1.82) is 0 Å². The molecule has 150 valence electrons. The van der Waals surface area contributed by atoms with E-state index >= 15 is 0 Å². The number of likely N-dealkylation sites (N-methyl/N-ethyl adjacent to an activating group) is 1. The Morgan fingerprint density at radius 2 is 1.59 bits per heavy atom. The first-order valence-electron chi connectivity index (χ1n) is 9.27. The van der Waals surface area contributed by atoms with Crippen LogP contribution >= 0.6 is 0 Å². The summed E-state index contributed by atoms with van der Waals surface area (Å²) in [5, 5.41) is 0. The fourth-order valence-electron chi connectivity index (χ4n) is 3.29. The first-order valence-corrected chi connectivity index (χ1v) is 10.7. The SMILES string of the molecule is Cc1cccc(OCC(=O)N2CCN(S(=O)(=O)N3CCN(C)CC3)CC2)c1. The number of piperazine rings is 2. The van der Waals surface area contributed by atoms with Gasteiger partial charge < -0.3 is 14.5 Å². The molecule has 0 bridgehead atoms. The summed E-state index contributed by atoms with van der Waals surface area (Å²) in [6.07, 6.45) is 0. The molecule has 2 fully saturated rings. The van der Waals surface area contributed by atoms with Crippen molar-refractivity contribution in [3.8, 4) is 5.75 Å². The van der Waals surface area contributed by atoms with Gasteiger partial charge in [0.1, 0.15) is 5.75 Å². The molecule has 1 aromatic rings. The van der Waals surface area contributed by atoms with Crippen LogP contribution in [0.25, 0.3) is 0 Å². The molecule has 0 unspecified atom stereocenters. The van der Waals surface area contributed by atoms with Gasteiger partial charge in [0.05, 0.1) is 0 Å². The van der Waals surface area contributed by atoms with Crippen LogP contribution in [0.4, 0.5) is 0 Å². The van der Waals surface area contributed by atoms with Crippen LogP contribution in [-0.2, 0) is 15.0 Å². The molecule has 2 aliphatic heterocycles. The third-order valence-electron chi connectivity index (χ3n) is 5.06. The first-order chi connectivity index (χ1) is 12.9. The van der Waals surface area contributed by atoms with Crippen LogP contribution in [0.3, 0.4) is 0 Å². The number of hydrogen-bond acceptors (Lipinski definition) is 5. The summed E-state index contributed by atoms with van der Waals surface area (Å²) in [6, 6.07) is 7.56. The van der Waals surface area contributed by atoms with Gasteiger partial charge in [0.25, 0.3) is 16.1 Å². The van der Waals surface area contributed by atoms with Gasteiger partial charge in [-0.15, -0.1) is 0 Å². The number of benzene rings is 1. The monoisotopic (exact) mass is 396 g/mol. The maximum Gasteiger partial charge on any atom is 0.282 e. The van der Waals surface area contributed by atoms with Crippen molar-refractivity contribution in [1.82, 2.24) is 18.4 Å². The van der Waals surface area contributed by atoms with Gasteiger partial charge >= 0.3 is 0 Å². The van der Waals surface area contributed by atoms with Gasteiger partial charge in [0.2, 0.25) is 0 Å². The minimum absolute atomic E-state index is 0.0331. The molecule has 2 heterocycles. The molecule has 0 aliphatic carbocycles. The van der Waals surface area contributed by atoms with E-state index in [1.165, 1.54) is 4.31 Å². The van der Waals surface area contributed by atoms with E-state index in [1.807, 2.05) is 38.2 Å². The standard InChI is InChI=1S/C18H28N4O4S/c1-16-4-3-5-17(14-16)26-15-18(23)20-8-12-22(13-9-20)27(24,25)21-10-6-19(2)7-11-21/h3-5,14H,6-13,15H2,1-2H3. The second-order valence-electron chi connectivity index (χ2n) is 7.10. The predicted octanol–water partition coefficient (Wildman–Crippen LogP) is 0.0102. The van der Waals surface area contributed by atoms with Crippen molar-refractivity contribution in [2.75, 3.05) is 66.0 Å². The summed E-state index contributed by atoms with van der Waals surface area (Å²) in [5.74, 6) is 0.549. The molecule has 0 aromatic heterocycles. The number of carbonyl (C=O) groups excluding carboxylic acids is 1. The van der Waals surface area contributed by atoms with E-state index in [0.717, 1.165) is 18.7 Å². The maximum atomic E-state index is 12.8. The lowest BCUT2D eigenvalue weighted by atomic mass is 10.2. The van der Waals surface area contributed by atoms with Crippen LogP contribution in [0, 0.1) is 6.92 Å². The molecular weight excluding hydrogens is 368 g/mol. The van der Waals surface area contributed by atoms with E-state index in [0.29, 0.717) is 45.0 Å². The molecule has 0 radical (unpaired) electrons. The molecule has 0 spiro atoms. The zero-order valence-corrected chi connectivity index (χ0v) is 16.8. The number of nitrogens with zero attached hydrogens (tertiary/aromatic N) is 4. The second-order valence-corrected chi connectivity index (χ2v) is 9.02. The zero-order chi connectivity index (χ0) is 19.4. The fourth-order valence-corrected chi connectivity index (χ4v) is 4.87. The summed E-state index contributed by atoms with van der Waals surface area (Å²) in [7, 11) is -1.45. The second kappa shape index (κ2) is 8.55. The lowest BCUT2D eigenvalue weighted by Gasteiger charge is -2.39. The highest BCUT2D eigenvalue weighted by Crippen LogP contribution is 2.16. The maximum absolute atomic E-state index is 12.8. The van der Waals surface area contributed by atoms with E-state index < -0.39 is 10.2 Å². The van der Waals surface area contributed by atoms with Crippen molar-refractivity contribution < 1.29 is 17.9 Å². The van der Waals surface area contributed by atoms with Crippen LogP contribution in [-0.4, -0.2) is 98.7 Å². The van der Waals surface area contributed by atoms with E-state index in [9.17, 15) is 13.2 Å². The average molecular weight is 397 g/mol. The van der Waals surface area contributed by atoms with E-state index in [-0.39, 0.29) is 12.5 Å². The molecule has 3 rings (SSSR count). The summed E-state index contributed by atoms with van der Waals surface area (Å²) < 4.78 is 34.1. The predicted molar refractivity (Wildman–Crippen MR) is 103 cm³/mol. The molecule has 1 aromatic carbocycles. The smallest absolute Gasteiger partial charge is 0.282 e. The van der Waals surface area contributed by atoms with Gasteiger partial charge in [-0.3, -0.25) is 4.79 Å². The Morgan fingerprint density at radius 1 is 1.00 bits per heavy atom. The number of carbonyl (C=O) groups is 1. The van der Waals surface area contributed by atoms with Gasteiger partial charge in [-0.25, -0.2) is 0 Å². The van der Waals surface area contributed by atoms with Crippen LogP contribution in [0.2, 0.25) is 0 Å². The number of ether oxygens (including phenoxy) is 1. The molecule has 0 N–H and O–H groups in total. The minimum Gasteiger partial charge on any atom is -0.484 e. The highest BCUT2D eigenvalue weighted by Gasteiger charge is 2.34. The lowest BCUT2D eigenvalue weighted by Crippen LogP contribution is -2.57. The van der Waals surface area contributed by atoms with Crippen LogP contribution in [0.5, 0.6) is 5.75 Å². The number of aryl methyl sites for hydroxylation is 1. The van der Waals surface area contributed by atoms with Crippen molar-refractivity contribution in [2.45, 2.75) is 6.92 Å². The number of hydrogen-bond donors (Lipinski definition) is 0. The summed E-state index contributed by atoms with van der Waals surface area (Å²) in [5.41, 5.74) is 1.07. The third kappa shape index (κ3) is 4.98. The van der Waals surface area contributed by atoms with Gasteiger partial charge in [-0.05, 0) is 31.7 Å². The Kier molecular flexibility index (Phi) is 6.36. The topological polar surface area (TPSA) is 73.4 Å². The molecule has 2 aliphatic rings. The van der Waals surface area contributed by atoms with Crippen molar-refractivity contribution in [2.24, 2.45) is 0 Å². The third-order valence-corrected chi connectivity index (χ3v) is 7.09. The summed E-state index contributed by atoms with van der Waals surface area (Å²) >= 11 is 0. The minimum atomic E-state index is -3.45. The molecule has 27 heavy (non-hydrogen) atoms. The highest BCUT2D eigenvalue weighted by molar-refractivity contribution is 7.86. The Hall–Kier alpha value is -1.68. The Morgan fingerprint density at radius 3 is 2.19 bits per heavy atom. The van der Waals surface area contributed by atoms with Crippen LogP contribution in [0.15, 0.2) is 24.3 Å². The molecule has 1 amide bonds. The van der Waals surface area contributed by atoms with Crippen LogP contribution < -0.4 is 4.74 Å². The van der Waals surface area contributed by atoms with Crippen molar-refractivity contribution in [3.05, 3.63) is 29.8 Å². The van der Waals surface area contributed by atoms with Gasteiger partial charge in [-0.1, -0.05) is 12.1 Å². The summed E-state index contributed by atoms with van der Waals surface area (Å²) in [6.45, 7) is 5.89. The van der Waals surface area contributed by atoms with E-state index in [1.54, 1.807) is 9.21 Å². The molecule has 2 saturated heterocycles. The lowest BCUT2D eigenvalue weighted by molar-refractivity contribution is -0.134. The molecular formula is C18H28N4O4S. The molecule has 0 saturated carbocycles. The Labute approximate surface area is 161 Å². The fraction of sp³-hybridized carbons (Fsp3) is 0.611. The average Bonchev–Trinajstić information content (AvgIpc) is 2.66. The van der Waals surface area contributed by atoms with Gasteiger partial charge in [0.15, 0.2) is 6.61 Å².